The fourth-order valence-corrected chi connectivity index (χ4v) is 6.71. The predicted molar refractivity (Wildman–Crippen MR) is 171 cm³/mol. The van der Waals surface area contributed by atoms with Crippen molar-refractivity contribution in [2.45, 2.75) is 188 Å². The molecule has 0 bridgehead atoms. The van der Waals surface area contributed by atoms with Gasteiger partial charge in [0.2, 0.25) is 0 Å². The lowest BCUT2D eigenvalue weighted by molar-refractivity contribution is 0.00578. The van der Waals surface area contributed by atoms with Crippen LogP contribution in [-0.2, 0) is 15.7 Å². The molecule has 0 spiro atoms. The van der Waals surface area contributed by atoms with E-state index in [9.17, 15) is 0 Å². The molecule has 0 N–H and O–H groups in total. The molecule has 1 aromatic rings. The van der Waals surface area contributed by atoms with Gasteiger partial charge in [-0.15, -0.1) is 0 Å². The largest absolute Gasteiger partial charge is 0.505 e. The Balaban J connectivity index is 1.80. The Bertz CT molecular complexity index is 697. The number of rotatable bonds is 23. The van der Waals surface area contributed by atoms with Crippen LogP contribution in [0.1, 0.15) is 176 Å². The molecule has 0 aromatic carbocycles. The minimum absolute atomic E-state index is 0.212. The van der Waals surface area contributed by atoms with Crippen molar-refractivity contribution in [2.24, 2.45) is 5.92 Å². The standard InChI is InChI=1S/C34H63BO2S/c1-7-9-11-13-15-17-18-20-22-24-26-30(25-23-21-19-16-14-12-10-8-2)29-31-27-28-38-32(31)35-36-33(3,4)34(5,6)37-35/h27-28,30H,7-26,29H2,1-6H3. The summed E-state index contributed by atoms with van der Waals surface area (Å²) < 4.78 is 14.2. The summed E-state index contributed by atoms with van der Waals surface area (Å²) in [6, 6.07) is 2.35. The normalized spacial score (nSPS) is 17.4. The van der Waals surface area contributed by atoms with Crippen LogP contribution in [0.5, 0.6) is 0 Å². The second-order valence-corrected chi connectivity index (χ2v) is 14.2. The molecule has 1 fully saturated rings. The molecule has 1 aromatic heterocycles. The van der Waals surface area contributed by atoms with E-state index in [4.69, 9.17) is 9.31 Å². The highest BCUT2D eigenvalue weighted by molar-refractivity contribution is 7.21. The summed E-state index contributed by atoms with van der Waals surface area (Å²) in [5, 5.41) is 2.25. The molecular weight excluding hydrogens is 483 g/mol. The van der Waals surface area contributed by atoms with Gasteiger partial charge in [-0.25, -0.2) is 0 Å². The zero-order chi connectivity index (χ0) is 27.7. The Hall–Kier alpha value is -0.315. The third-order valence-corrected chi connectivity index (χ3v) is 10.2. The van der Waals surface area contributed by atoms with Crippen LogP contribution in [0, 0.1) is 5.92 Å². The van der Waals surface area contributed by atoms with Crippen molar-refractivity contribution in [3.05, 3.63) is 17.0 Å². The lowest BCUT2D eigenvalue weighted by Gasteiger charge is -2.32. The first-order chi connectivity index (χ1) is 18.3. The zero-order valence-corrected chi connectivity index (χ0v) is 27.2. The molecule has 1 aliphatic heterocycles. The van der Waals surface area contributed by atoms with E-state index in [1.807, 2.05) is 11.3 Å². The summed E-state index contributed by atoms with van der Waals surface area (Å²) in [7, 11) is -0.212. The maximum absolute atomic E-state index is 6.44. The molecule has 1 saturated heterocycles. The number of unbranched alkanes of at least 4 members (excludes halogenated alkanes) is 16. The Morgan fingerprint density at radius 3 is 1.45 bits per heavy atom. The highest BCUT2D eigenvalue weighted by Crippen LogP contribution is 2.37. The molecule has 220 valence electrons. The van der Waals surface area contributed by atoms with Crippen LogP contribution in [0.3, 0.4) is 0 Å². The van der Waals surface area contributed by atoms with E-state index in [1.165, 1.54) is 145 Å². The lowest BCUT2D eigenvalue weighted by atomic mass is 9.80. The van der Waals surface area contributed by atoms with E-state index >= 15 is 0 Å². The quantitative estimate of drug-likeness (QED) is 0.100. The second-order valence-electron chi connectivity index (χ2n) is 13.2. The van der Waals surface area contributed by atoms with Crippen LogP contribution >= 0.6 is 11.3 Å². The molecular formula is C34H63BO2S. The van der Waals surface area contributed by atoms with Crippen molar-refractivity contribution in [1.29, 1.82) is 0 Å². The van der Waals surface area contributed by atoms with Gasteiger partial charge in [0.15, 0.2) is 0 Å². The van der Waals surface area contributed by atoms with E-state index in [1.54, 1.807) is 0 Å². The van der Waals surface area contributed by atoms with Gasteiger partial charge in [-0.1, -0.05) is 142 Å². The molecule has 0 amide bonds. The molecule has 0 saturated carbocycles. The van der Waals surface area contributed by atoms with E-state index in [0.717, 1.165) is 5.92 Å². The van der Waals surface area contributed by atoms with E-state index in [2.05, 4.69) is 53.0 Å². The van der Waals surface area contributed by atoms with Gasteiger partial charge in [0.25, 0.3) is 0 Å². The van der Waals surface area contributed by atoms with Gasteiger partial charge in [-0.05, 0) is 57.0 Å². The van der Waals surface area contributed by atoms with Crippen molar-refractivity contribution in [2.75, 3.05) is 0 Å². The second kappa shape index (κ2) is 18.9. The summed E-state index contributed by atoms with van der Waals surface area (Å²) >= 11 is 1.83. The van der Waals surface area contributed by atoms with Crippen molar-refractivity contribution in [1.82, 2.24) is 0 Å². The number of hydrogen-bond acceptors (Lipinski definition) is 3. The maximum atomic E-state index is 6.44. The first kappa shape index (κ1) is 33.9. The van der Waals surface area contributed by atoms with Gasteiger partial charge < -0.3 is 9.31 Å². The van der Waals surface area contributed by atoms with Gasteiger partial charge in [0.1, 0.15) is 0 Å². The van der Waals surface area contributed by atoms with Gasteiger partial charge >= 0.3 is 7.12 Å². The lowest BCUT2D eigenvalue weighted by Crippen LogP contribution is -2.41. The molecule has 0 radical (unpaired) electrons. The molecule has 1 unspecified atom stereocenters. The Morgan fingerprint density at radius 2 is 1.03 bits per heavy atom. The summed E-state index contributed by atoms with van der Waals surface area (Å²) in [5.74, 6) is 0.792. The molecule has 38 heavy (non-hydrogen) atoms. The van der Waals surface area contributed by atoms with Crippen LogP contribution in [0.15, 0.2) is 11.4 Å². The van der Waals surface area contributed by atoms with Crippen LogP contribution in [0.4, 0.5) is 0 Å². The van der Waals surface area contributed by atoms with Crippen LogP contribution in [0.2, 0.25) is 0 Å². The Morgan fingerprint density at radius 1 is 0.632 bits per heavy atom. The van der Waals surface area contributed by atoms with Crippen molar-refractivity contribution in [3.63, 3.8) is 0 Å². The SMILES string of the molecule is CCCCCCCCCCCCC(CCCCCCCCCC)Cc1ccsc1B1OC(C)(C)C(C)(C)O1. The molecule has 1 aliphatic rings. The fraction of sp³-hybridized carbons (Fsp3) is 0.882. The topological polar surface area (TPSA) is 18.5 Å². The number of thiophene rings is 1. The number of hydrogen-bond donors (Lipinski definition) is 0. The molecule has 4 heteroatoms. The first-order valence-electron chi connectivity index (χ1n) is 16.7. The minimum atomic E-state index is -0.272. The Labute approximate surface area is 242 Å². The van der Waals surface area contributed by atoms with Crippen LogP contribution < -0.4 is 4.78 Å². The Kier molecular flexibility index (Phi) is 16.9. The summed E-state index contributed by atoms with van der Waals surface area (Å²) in [6.45, 7) is 13.3. The molecule has 2 rings (SSSR count). The molecule has 2 heterocycles. The van der Waals surface area contributed by atoms with Crippen LogP contribution in [0.25, 0.3) is 0 Å². The smallest absolute Gasteiger partial charge is 0.399 e. The maximum Gasteiger partial charge on any atom is 0.505 e. The van der Waals surface area contributed by atoms with Gasteiger partial charge in [-0.2, -0.15) is 11.3 Å². The summed E-state index contributed by atoms with van der Waals surface area (Å²) in [4.78, 5) is 0. The third-order valence-electron chi connectivity index (χ3n) is 9.19. The zero-order valence-electron chi connectivity index (χ0n) is 26.4. The minimum Gasteiger partial charge on any atom is -0.399 e. The monoisotopic (exact) mass is 546 g/mol. The predicted octanol–water partition coefficient (Wildman–Crippen LogP) is 11.0. The van der Waals surface area contributed by atoms with Gasteiger partial charge in [0.05, 0.1) is 11.2 Å². The van der Waals surface area contributed by atoms with Gasteiger partial charge in [-0.3, -0.25) is 0 Å². The average Bonchev–Trinajstić information content (AvgIpc) is 3.42. The first-order valence-corrected chi connectivity index (χ1v) is 17.6. The van der Waals surface area contributed by atoms with Crippen molar-refractivity contribution >= 4 is 23.2 Å². The van der Waals surface area contributed by atoms with Crippen LogP contribution in [-0.4, -0.2) is 18.3 Å². The average molecular weight is 547 g/mol. The molecule has 1 atom stereocenters. The molecule has 0 aliphatic carbocycles. The van der Waals surface area contributed by atoms with Crippen molar-refractivity contribution in [3.8, 4) is 0 Å². The van der Waals surface area contributed by atoms with E-state index < -0.39 is 0 Å². The molecule has 2 nitrogen and oxygen atoms in total. The summed E-state index contributed by atoms with van der Waals surface area (Å²) in [6.07, 6.45) is 29.4. The van der Waals surface area contributed by atoms with E-state index in [0.29, 0.717) is 0 Å². The summed E-state index contributed by atoms with van der Waals surface area (Å²) in [5.41, 5.74) is 0.932. The third kappa shape index (κ3) is 12.5. The highest BCUT2D eigenvalue weighted by Gasteiger charge is 2.52. The fourth-order valence-electron chi connectivity index (χ4n) is 5.82. The van der Waals surface area contributed by atoms with E-state index in [-0.39, 0.29) is 18.3 Å². The van der Waals surface area contributed by atoms with Gasteiger partial charge in [0, 0.05) is 4.78 Å². The van der Waals surface area contributed by atoms with Crippen molar-refractivity contribution < 1.29 is 9.31 Å². The highest BCUT2D eigenvalue weighted by atomic mass is 32.1.